The highest BCUT2D eigenvalue weighted by molar-refractivity contribution is 5.66. The van der Waals surface area contributed by atoms with Gasteiger partial charge < -0.3 is 9.67 Å². The Bertz CT molecular complexity index is 380. The molecule has 0 aromatic carbocycles. The summed E-state index contributed by atoms with van der Waals surface area (Å²) in [5, 5.41) is 8.57. The summed E-state index contributed by atoms with van der Waals surface area (Å²) in [6.45, 7) is 0. The van der Waals surface area contributed by atoms with Gasteiger partial charge in [0, 0.05) is 32.0 Å². The first kappa shape index (κ1) is 11.2. The van der Waals surface area contributed by atoms with Crippen molar-refractivity contribution in [1.82, 2.24) is 9.55 Å². The van der Waals surface area contributed by atoms with Crippen LogP contribution in [0.5, 0.6) is 0 Å². The van der Waals surface area contributed by atoms with E-state index in [2.05, 4.69) is 11.2 Å². The third-order valence-corrected chi connectivity index (χ3v) is 3.31. The van der Waals surface area contributed by atoms with Crippen LogP contribution < -0.4 is 0 Å². The molecule has 0 radical (unpaired) electrons. The average molecular weight is 222 g/mol. The summed E-state index contributed by atoms with van der Waals surface area (Å²) < 4.78 is 2.04. The van der Waals surface area contributed by atoms with Crippen LogP contribution in [0.15, 0.2) is 6.20 Å². The van der Waals surface area contributed by atoms with Crippen LogP contribution in [0.1, 0.15) is 49.5 Å². The summed E-state index contributed by atoms with van der Waals surface area (Å²) in [5.41, 5.74) is 1.19. The molecule has 88 valence electrons. The number of carboxylic acids is 1. The largest absolute Gasteiger partial charge is 0.481 e. The highest BCUT2D eigenvalue weighted by Crippen LogP contribution is 2.35. The molecule has 1 fully saturated rings. The van der Waals surface area contributed by atoms with Crippen molar-refractivity contribution in [3.63, 3.8) is 0 Å². The van der Waals surface area contributed by atoms with E-state index in [-0.39, 0.29) is 6.42 Å². The second-order valence-corrected chi connectivity index (χ2v) is 4.57. The lowest BCUT2D eigenvalue weighted by atomic mass is 9.83. The summed E-state index contributed by atoms with van der Waals surface area (Å²) in [7, 11) is 1.99. The van der Waals surface area contributed by atoms with Gasteiger partial charge in [-0.2, -0.15) is 0 Å². The zero-order valence-electron chi connectivity index (χ0n) is 9.65. The molecule has 1 N–H and O–H groups in total. The van der Waals surface area contributed by atoms with Crippen LogP contribution in [-0.2, 0) is 18.3 Å². The number of aliphatic carboxylic acids is 1. The predicted molar refractivity (Wildman–Crippen MR) is 60.4 cm³/mol. The Morgan fingerprint density at radius 1 is 1.62 bits per heavy atom. The average Bonchev–Trinajstić information content (AvgIpc) is 2.44. The smallest absolute Gasteiger partial charge is 0.303 e. The predicted octanol–water partition coefficient (Wildman–Crippen LogP) is 2.09. The fourth-order valence-electron chi connectivity index (χ4n) is 2.06. The van der Waals surface area contributed by atoms with Gasteiger partial charge in [-0.3, -0.25) is 4.79 Å². The van der Waals surface area contributed by atoms with E-state index in [9.17, 15) is 4.79 Å². The summed E-state index contributed by atoms with van der Waals surface area (Å²) in [5.74, 6) is 0.941. The van der Waals surface area contributed by atoms with Gasteiger partial charge in [-0.15, -0.1) is 0 Å². The van der Waals surface area contributed by atoms with Gasteiger partial charge in [0.05, 0.1) is 5.69 Å². The molecule has 0 saturated heterocycles. The standard InChI is InChI=1S/C12H18N2O2/c1-14-8-10(9-4-2-5-9)13-11(14)6-3-7-12(15)16/h8-9H,2-7H2,1H3,(H,15,16). The van der Waals surface area contributed by atoms with E-state index in [4.69, 9.17) is 5.11 Å². The van der Waals surface area contributed by atoms with Gasteiger partial charge in [-0.1, -0.05) is 6.42 Å². The Kier molecular flexibility index (Phi) is 3.27. The number of imidazole rings is 1. The van der Waals surface area contributed by atoms with E-state index in [1.54, 1.807) is 0 Å². The van der Waals surface area contributed by atoms with Crippen LogP contribution in [0.4, 0.5) is 0 Å². The van der Waals surface area contributed by atoms with E-state index in [0.29, 0.717) is 12.3 Å². The second kappa shape index (κ2) is 4.68. The molecule has 1 aliphatic rings. The summed E-state index contributed by atoms with van der Waals surface area (Å²) in [6.07, 6.45) is 7.58. The maximum absolute atomic E-state index is 10.4. The van der Waals surface area contributed by atoms with Crippen molar-refractivity contribution < 1.29 is 9.90 Å². The Morgan fingerprint density at radius 2 is 2.38 bits per heavy atom. The maximum Gasteiger partial charge on any atom is 0.303 e. The summed E-state index contributed by atoms with van der Waals surface area (Å²) >= 11 is 0. The maximum atomic E-state index is 10.4. The highest BCUT2D eigenvalue weighted by atomic mass is 16.4. The van der Waals surface area contributed by atoms with Crippen molar-refractivity contribution in [1.29, 1.82) is 0 Å². The van der Waals surface area contributed by atoms with Crippen LogP contribution in [0.25, 0.3) is 0 Å². The van der Waals surface area contributed by atoms with E-state index >= 15 is 0 Å². The molecule has 0 amide bonds. The molecule has 0 aliphatic heterocycles. The van der Waals surface area contributed by atoms with Crippen LogP contribution in [0, 0.1) is 0 Å². The van der Waals surface area contributed by atoms with E-state index < -0.39 is 5.97 Å². The number of rotatable bonds is 5. The lowest BCUT2D eigenvalue weighted by Crippen LogP contribution is -2.09. The molecular formula is C12H18N2O2. The first-order valence-corrected chi connectivity index (χ1v) is 5.90. The third kappa shape index (κ3) is 2.43. The van der Waals surface area contributed by atoms with Gasteiger partial charge in [0.1, 0.15) is 5.82 Å². The van der Waals surface area contributed by atoms with E-state index in [1.807, 2.05) is 11.6 Å². The SMILES string of the molecule is Cn1cc(C2CCC2)nc1CCCC(=O)O. The summed E-state index contributed by atoms with van der Waals surface area (Å²) in [6, 6.07) is 0. The molecule has 1 heterocycles. The molecule has 16 heavy (non-hydrogen) atoms. The normalized spacial score (nSPS) is 16.1. The zero-order chi connectivity index (χ0) is 11.5. The minimum atomic E-state index is -0.728. The number of aromatic nitrogens is 2. The molecule has 0 unspecified atom stereocenters. The minimum absolute atomic E-state index is 0.228. The van der Waals surface area contributed by atoms with Crippen molar-refractivity contribution in [2.24, 2.45) is 7.05 Å². The Hall–Kier alpha value is -1.32. The van der Waals surface area contributed by atoms with Crippen molar-refractivity contribution in [3.8, 4) is 0 Å². The molecular weight excluding hydrogens is 204 g/mol. The van der Waals surface area contributed by atoms with Gasteiger partial charge in [-0.25, -0.2) is 4.98 Å². The second-order valence-electron chi connectivity index (χ2n) is 4.57. The minimum Gasteiger partial charge on any atom is -0.481 e. The van der Waals surface area contributed by atoms with Crippen molar-refractivity contribution in [2.45, 2.75) is 44.4 Å². The molecule has 1 aliphatic carbocycles. The molecule has 1 aromatic heterocycles. The topological polar surface area (TPSA) is 55.1 Å². The van der Waals surface area contributed by atoms with Gasteiger partial charge >= 0.3 is 5.97 Å². The lowest BCUT2D eigenvalue weighted by molar-refractivity contribution is -0.137. The lowest BCUT2D eigenvalue weighted by Gasteiger charge is -2.22. The van der Waals surface area contributed by atoms with Crippen molar-refractivity contribution in [3.05, 3.63) is 17.7 Å². The first-order chi connectivity index (χ1) is 7.66. The van der Waals surface area contributed by atoms with Crippen LogP contribution in [0.2, 0.25) is 0 Å². The number of hydrogen-bond acceptors (Lipinski definition) is 2. The van der Waals surface area contributed by atoms with Crippen molar-refractivity contribution >= 4 is 5.97 Å². The fraction of sp³-hybridized carbons (Fsp3) is 0.667. The van der Waals surface area contributed by atoms with Crippen LogP contribution >= 0.6 is 0 Å². The highest BCUT2D eigenvalue weighted by Gasteiger charge is 2.22. The monoisotopic (exact) mass is 222 g/mol. The molecule has 1 aromatic rings. The third-order valence-electron chi connectivity index (χ3n) is 3.31. The molecule has 4 nitrogen and oxygen atoms in total. The Labute approximate surface area is 95.3 Å². The number of carbonyl (C=O) groups is 1. The summed E-state index contributed by atoms with van der Waals surface area (Å²) in [4.78, 5) is 15.0. The molecule has 0 spiro atoms. The molecule has 0 atom stereocenters. The van der Waals surface area contributed by atoms with E-state index in [1.165, 1.54) is 25.0 Å². The fourth-order valence-corrected chi connectivity index (χ4v) is 2.06. The molecule has 1 saturated carbocycles. The van der Waals surface area contributed by atoms with E-state index in [0.717, 1.165) is 12.2 Å². The van der Waals surface area contributed by atoms with Gasteiger partial charge in [0.25, 0.3) is 0 Å². The molecule has 2 rings (SSSR count). The quantitative estimate of drug-likeness (QED) is 0.830. The Balaban J connectivity index is 1.92. The van der Waals surface area contributed by atoms with Gasteiger partial charge in [0.15, 0.2) is 0 Å². The van der Waals surface area contributed by atoms with Gasteiger partial charge in [0.2, 0.25) is 0 Å². The van der Waals surface area contributed by atoms with Crippen LogP contribution in [0.3, 0.4) is 0 Å². The molecule has 4 heteroatoms. The Morgan fingerprint density at radius 3 is 2.94 bits per heavy atom. The number of aryl methyl sites for hydroxylation is 2. The zero-order valence-corrected chi connectivity index (χ0v) is 9.65. The number of hydrogen-bond donors (Lipinski definition) is 1. The number of nitrogens with zero attached hydrogens (tertiary/aromatic N) is 2. The van der Waals surface area contributed by atoms with Crippen LogP contribution in [-0.4, -0.2) is 20.6 Å². The van der Waals surface area contributed by atoms with Gasteiger partial charge in [-0.05, 0) is 19.3 Å². The number of carboxylic acid groups (broad SMARTS) is 1. The van der Waals surface area contributed by atoms with Crippen molar-refractivity contribution in [2.75, 3.05) is 0 Å². The molecule has 0 bridgehead atoms. The first-order valence-electron chi connectivity index (χ1n) is 5.90.